The molecule has 0 saturated heterocycles. The van der Waals surface area contributed by atoms with Crippen LogP contribution in [0.3, 0.4) is 0 Å². The fourth-order valence-electron chi connectivity index (χ4n) is 2.38. The number of rotatable bonds is 3. The fourth-order valence-corrected chi connectivity index (χ4v) is 2.64. The lowest BCUT2D eigenvalue weighted by Gasteiger charge is -2.01. The summed E-state index contributed by atoms with van der Waals surface area (Å²) in [6.45, 7) is 0. The Hall–Kier alpha value is -1.41. The minimum absolute atomic E-state index is 0.175. The van der Waals surface area contributed by atoms with Gasteiger partial charge in [-0.15, -0.1) is 0 Å². The van der Waals surface area contributed by atoms with E-state index >= 15 is 0 Å². The lowest BCUT2D eigenvalue weighted by molar-refractivity contribution is 0.0965. The lowest BCUT2D eigenvalue weighted by atomic mass is 10.0. The van der Waals surface area contributed by atoms with E-state index in [9.17, 15) is 4.79 Å². The van der Waals surface area contributed by atoms with E-state index in [-0.39, 0.29) is 11.7 Å². The Labute approximate surface area is 115 Å². The molecule has 0 aromatic heterocycles. The highest BCUT2D eigenvalue weighted by Crippen LogP contribution is 2.49. The predicted molar refractivity (Wildman–Crippen MR) is 75.8 cm³/mol. The minimum atomic E-state index is 0.175. The number of carbonyl (C=O) groups is 1. The first-order valence-corrected chi connectivity index (χ1v) is 6.90. The highest BCUT2D eigenvalue weighted by atomic mass is 79.9. The number of halogens is 1. The lowest BCUT2D eigenvalue weighted by Crippen LogP contribution is -2.02. The maximum absolute atomic E-state index is 12.2. The molecule has 1 aliphatic carbocycles. The second kappa shape index (κ2) is 4.69. The first kappa shape index (κ1) is 11.7. The molecule has 1 fully saturated rings. The second-order valence-corrected chi connectivity index (χ2v) is 5.65. The molecule has 90 valence electrons. The van der Waals surface area contributed by atoms with Crippen LogP contribution in [-0.4, -0.2) is 5.78 Å². The third-order valence-electron chi connectivity index (χ3n) is 3.48. The SMILES string of the molecule is O=C(c1ccccc1)[C@H]1C[C@@H]1c1ccc(Br)cc1. The highest BCUT2D eigenvalue weighted by Gasteiger charge is 2.43. The average molecular weight is 301 g/mol. The minimum Gasteiger partial charge on any atom is -0.294 e. The van der Waals surface area contributed by atoms with E-state index in [0.29, 0.717) is 5.92 Å². The van der Waals surface area contributed by atoms with Gasteiger partial charge in [0.15, 0.2) is 5.78 Å². The zero-order chi connectivity index (χ0) is 12.5. The van der Waals surface area contributed by atoms with Crippen LogP contribution in [0.25, 0.3) is 0 Å². The summed E-state index contributed by atoms with van der Waals surface area (Å²) in [4.78, 5) is 12.2. The Bertz CT molecular complexity index is 559. The van der Waals surface area contributed by atoms with E-state index in [0.717, 1.165) is 16.5 Å². The Morgan fingerprint density at radius 2 is 1.67 bits per heavy atom. The number of ketones is 1. The molecule has 1 saturated carbocycles. The molecular weight excluding hydrogens is 288 g/mol. The van der Waals surface area contributed by atoms with Gasteiger partial charge in [-0.2, -0.15) is 0 Å². The molecule has 0 spiro atoms. The van der Waals surface area contributed by atoms with Crippen LogP contribution in [0, 0.1) is 5.92 Å². The third-order valence-corrected chi connectivity index (χ3v) is 4.01. The van der Waals surface area contributed by atoms with Gasteiger partial charge in [-0.3, -0.25) is 4.79 Å². The van der Waals surface area contributed by atoms with E-state index < -0.39 is 0 Å². The van der Waals surface area contributed by atoms with Crippen molar-refractivity contribution in [2.24, 2.45) is 5.92 Å². The molecule has 1 nitrogen and oxygen atoms in total. The molecule has 2 aromatic rings. The number of carbonyl (C=O) groups excluding carboxylic acids is 1. The van der Waals surface area contributed by atoms with Crippen LogP contribution in [0.4, 0.5) is 0 Å². The summed E-state index contributed by atoms with van der Waals surface area (Å²) >= 11 is 3.43. The summed E-state index contributed by atoms with van der Waals surface area (Å²) in [5.74, 6) is 0.864. The summed E-state index contributed by atoms with van der Waals surface area (Å²) < 4.78 is 1.08. The van der Waals surface area contributed by atoms with Gasteiger partial charge in [0.1, 0.15) is 0 Å². The molecule has 2 aromatic carbocycles. The zero-order valence-electron chi connectivity index (χ0n) is 9.84. The Morgan fingerprint density at radius 1 is 1.00 bits per heavy atom. The Kier molecular flexibility index (Phi) is 3.04. The van der Waals surface area contributed by atoms with Crippen LogP contribution < -0.4 is 0 Å². The van der Waals surface area contributed by atoms with Crippen LogP contribution >= 0.6 is 15.9 Å². The highest BCUT2D eigenvalue weighted by molar-refractivity contribution is 9.10. The number of Topliss-reactive ketones (excluding diaryl/α,β-unsaturated/α-hetero) is 1. The fraction of sp³-hybridized carbons (Fsp3) is 0.188. The Morgan fingerprint density at radius 3 is 2.33 bits per heavy atom. The van der Waals surface area contributed by atoms with Gasteiger partial charge in [0.25, 0.3) is 0 Å². The predicted octanol–water partition coefficient (Wildman–Crippen LogP) is 4.44. The summed E-state index contributed by atoms with van der Waals surface area (Å²) in [6.07, 6.45) is 0.982. The van der Waals surface area contributed by atoms with Crippen molar-refractivity contribution in [3.05, 3.63) is 70.2 Å². The quantitative estimate of drug-likeness (QED) is 0.766. The standard InChI is InChI=1S/C16H13BrO/c17-13-8-6-11(7-9-13)14-10-15(14)16(18)12-4-2-1-3-5-12/h1-9,14-15H,10H2/t14-,15+/m1/s1. The van der Waals surface area contributed by atoms with E-state index in [1.807, 2.05) is 42.5 Å². The van der Waals surface area contributed by atoms with Crippen molar-refractivity contribution in [1.29, 1.82) is 0 Å². The third kappa shape index (κ3) is 2.25. The van der Waals surface area contributed by atoms with Crippen LogP contribution in [0.5, 0.6) is 0 Å². The molecule has 2 atom stereocenters. The molecule has 2 heteroatoms. The monoisotopic (exact) mass is 300 g/mol. The molecule has 0 amide bonds. The number of hydrogen-bond donors (Lipinski definition) is 0. The van der Waals surface area contributed by atoms with Crippen LogP contribution in [0.15, 0.2) is 59.1 Å². The van der Waals surface area contributed by atoms with Gasteiger partial charge < -0.3 is 0 Å². The summed E-state index contributed by atoms with van der Waals surface area (Å²) in [6, 6.07) is 17.9. The van der Waals surface area contributed by atoms with Crippen molar-refractivity contribution < 1.29 is 4.79 Å². The maximum Gasteiger partial charge on any atom is 0.166 e. The zero-order valence-corrected chi connectivity index (χ0v) is 11.4. The van der Waals surface area contributed by atoms with Crippen molar-refractivity contribution in [3.8, 4) is 0 Å². The van der Waals surface area contributed by atoms with Crippen molar-refractivity contribution in [2.75, 3.05) is 0 Å². The molecule has 0 unspecified atom stereocenters. The van der Waals surface area contributed by atoms with E-state index in [1.165, 1.54) is 5.56 Å². The largest absolute Gasteiger partial charge is 0.294 e. The first-order valence-electron chi connectivity index (χ1n) is 6.10. The molecular formula is C16H13BrO. The molecule has 0 radical (unpaired) electrons. The topological polar surface area (TPSA) is 17.1 Å². The molecule has 0 bridgehead atoms. The Balaban J connectivity index is 1.75. The van der Waals surface area contributed by atoms with Crippen molar-refractivity contribution >= 4 is 21.7 Å². The first-order chi connectivity index (χ1) is 8.75. The van der Waals surface area contributed by atoms with Gasteiger partial charge in [0.05, 0.1) is 0 Å². The van der Waals surface area contributed by atoms with E-state index in [4.69, 9.17) is 0 Å². The summed E-state index contributed by atoms with van der Waals surface area (Å²) in [5.41, 5.74) is 2.11. The van der Waals surface area contributed by atoms with E-state index in [2.05, 4.69) is 28.1 Å². The normalized spacial score (nSPS) is 21.6. The van der Waals surface area contributed by atoms with E-state index in [1.54, 1.807) is 0 Å². The van der Waals surface area contributed by atoms with Crippen LogP contribution in [-0.2, 0) is 0 Å². The van der Waals surface area contributed by atoms with Crippen molar-refractivity contribution in [3.63, 3.8) is 0 Å². The number of benzene rings is 2. The molecule has 0 aliphatic heterocycles. The van der Waals surface area contributed by atoms with Gasteiger partial charge >= 0.3 is 0 Å². The van der Waals surface area contributed by atoms with Gasteiger partial charge in [0, 0.05) is 16.0 Å². The average Bonchev–Trinajstić information content (AvgIpc) is 3.20. The number of hydrogen-bond acceptors (Lipinski definition) is 1. The smallest absolute Gasteiger partial charge is 0.166 e. The van der Waals surface area contributed by atoms with Gasteiger partial charge in [-0.25, -0.2) is 0 Å². The second-order valence-electron chi connectivity index (χ2n) is 4.73. The summed E-state index contributed by atoms with van der Waals surface area (Å²) in [5, 5.41) is 0. The van der Waals surface area contributed by atoms with Crippen LogP contribution in [0.1, 0.15) is 28.3 Å². The maximum atomic E-state index is 12.2. The molecule has 3 rings (SSSR count). The van der Waals surface area contributed by atoms with Crippen LogP contribution in [0.2, 0.25) is 0 Å². The molecule has 1 aliphatic rings. The van der Waals surface area contributed by atoms with Gasteiger partial charge in [-0.05, 0) is 30.0 Å². The van der Waals surface area contributed by atoms with Crippen molar-refractivity contribution in [1.82, 2.24) is 0 Å². The molecule has 18 heavy (non-hydrogen) atoms. The molecule has 0 N–H and O–H groups in total. The van der Waals surface area contributed by atoms with Crippen molar-refractivity contribution in [2.45, 2.75) is 12.3 Å². The molecule has 0 heterocycles. The van der Waals surface area contributed by atoms with Gasteiger partial charge in [0.2, 0.25) is 0 Å². The van der Waals surface area contributed by atoms with Gasteiger partial charge in [-0.1, -0.05) is 58.4 Å². The summed E-state index contributed by atoms with van der Waals surface area (Å²) in [7, 11) is 0.